The average Bonchev–Trinajstić information content (AvgIpc) is 2.77. The highest BCUT2D eigenvalue weighted by Crippen LogP contribution is 2.26. The van der Waals surface area contributed by atoms with E-state index in [-0.39, 0.29) is 16.0 Å². The van der Waals surface area contributed by atoms with Gasteiger partial charge < -0.3 is 10.3 Å². The standard InChI is InChI=1S/C25H29N3O4S2/c1-6-20(23(29)27-19-10-8-18(9-11-19)15(2)3)33-25-26-14-22(24(30)28-25)34(31,32)21-12-7-16(4)13-17(21)5/h7-15,20H,6H2,1-5H3,(H,27,29)(H,26,28,30)/t20-/m0/s1. The van der Waals surface area contributed by atoms with E-state index in [0.29, 0.717) is 23.6 Å². The van der Waals surface area contributed by atoms with E-state index in [2.05, 4.69) is 29.1 Å². The number of aromatic amines is 1. The molecule has 0 fully saturated rings. The third kappa shape index (κ3) is 5.77. The minimum absolute atomic E-state index is 0.0695. The van der Waals surface area contributed by atoms with Crippen LogP contribution in [0.2, 0.25) is 0 Å². The quantitative estimate of drug-likeness (QED) is 0.339. The number of aryl methyl sites for hydroxylation is 2. The number of benzene rings is 2. The second-order valence-electron chi connectivity index (χ2n) is 8.43. The van der Waals surface area contributed by atoms with E-state index in [1.807, 2.05) is 38.1 Å². The highest BCUT2D eigenvalue weighted by molar-refractivity contribution is 8.00. The molecule has 1 heterocycles. The maximum Gasteiger partial charge on any atom is 0.270 e. The molecule has 0 aliphatic rings. The van der Waals surface area contributed by atoms with Gasteiger partial charge in [-0.15, -0.1) is 0 Å². The predicted octanol–water partition coefficient (Wildman–Crippen LogP) is 4.85. The number of hydrogen-bond donors (Lipinski definition) is 2. The van der Waals surface area contributed by atoms with Gasteiger partial charge in [-0.1, -0.05) is 62.4 Å². The van der Waals surface area contributed by atoms with Crippen LogP contribution >= 0.6 is 11.8 Å². The number of amides is 1. The average molecular weight is 500 g/mol. The van der Waals surface area contributed by atoms with Crippen molar-refractivity contribution >= 4 is 33.2 Å². The van der Waals surface area contributed by atoms with Crippen LogP contribution in [-0.4, -0.2) is 29.5 Å². The van der Waals surface area contributed by atoms with Crippen LogP contribution in [0.25, 0.3) is 0 Å². The second kappa shape index (κ2) is 10.6. The molecule has 3 aromatic rings. The predicted molar refractivity (Wildman–Crippen MR) is 135 cm³/mol. The molecular weight excluding hydrogens is 470 g/mol. The molecule has 0 radical (unpaired) electrons. The summed E-state index contributed by atoms with van der Waals surface area (Å²) in [6.07, 6.45) is 1.55. The van der Waals surface area contributed by atoms with Crippen LogP contribution in [0, 0.1) is 13.8 Å². The van der Waals surface area contributed by atoms with Gasteiger partial charge in [-0.05, 0) is 55.5 Å². The number of aromatic nitrogens is 2. The topological polar surface area (TPSA) is 109 Å². The smallest absolute Gasteiger partial charge is 0.270 e. The van der Waals surface area contributed by atoms with Crippen LogP contribution in [-0.2, 0) is 14.6 Å². The van der Waals surface area contributed by atoms with E-state index in [4.69, 9.17) is 0 Å². The Kier molecular flexibility index (Phi) is 7.99. The molecule has 7 nitrogen and oxygen atoms in total. The molecule has 0 aliphatic heterocycles. The third-order valence-corrected chi connectivity index (χ3v) is 8.58. The molecule has 1 aromatic heterocycles. The van der Waals surface area contributed by atoms with Gasteiger partial charge in [0.1, 0.15) is 0 Å². The molecule has 0 saturated carbocycles. The molecule has 0 saturated heterocycles. The van der Waals surface area contributed by atoms with Crippen molar-refractivity contribution in [3.8, 4) is 0 Å². The Labute approximate surface area is 204 Å². The van der Waals surface area contributed by atoms with Gasteiger partial charge in [0.2, 0.25) is 15.7 Å². The summed E-state index contributed by atoms with van der Waals surface area (Å²) in [6.45, 7) is 9.61. The van der Waals surface area contributed by atoms with Gasteiger partial charge in [-0.2, -0.15) is 0 Å². The molecule has 0 spiro atoms. The van der Waals surface area contributed by atoms with Crippen molar-refractivity contribution in [3.63, 3.8) is 0 Å². The van der Waals surface area contributed by atoms with E-state index in [9.17, 15) is 18.0 Å². The number of thioether (sulfide) groups is 1. The summed E-state index contributed by atoms with van der Waals surface area (Å²) in [7, 11) is -4.03. The Morgan fingerprint density at radius 3 is 2.32 bits per heavy atom. The van der Waals surface area contributed by atoms with Crippen LogP contribution in [0.15, 0.2) is 68.4 Å². The zero-order chi connectivity index (χ0) is 25.0. The minimum Gasteiger partial charge on any atom is -0.325 e. The van der Waals surface area contributed by atoms with Crippen LogP contribution in [0.4, 0.5) is 5.69 Å². The highest BCUT2D eigenvalue weighted by atomic mass is 32.2. The summed E-state index contributed by atoms with van der Waals surface area (Å²) < 4.78 is 26.0. The van der Waals surface area contributed by atoms with Crippen molar-refractivity contribution in [1.29, 1.82) is 0 Å². The fraction of sp³-hybridized carbons (Fsp3) is 0.320. The van der Waals surface area contributed by atoms with E-state index in [0.717, 1.165) is 23.5 Å². The monoisotopic (exact) mass is 499 g/mol. The molecule has 0 aliphatic carbocycles. The van der Waals surface area contributed by atoms with Crippen molar-refractivity contribution in [3.05, 3.63) is 75.7 Å². The number of H-pyrrole nitrogens is 1. The number of anilines is 1. The molecule has 34 heavy (non-hydrogen) atoms. The van der Waals surface area contributed by atoms with Gasteiger partial charge in [-0.25, -0.2) is 13.4 Å². The van der Waals surface area contributed by atoms with Gasteiger partial charge in [0.05, 0.1) is 16.3 Å². The molecule has 3 rings (SSSR count). The lowest BCUT2D eigenvalue weighted by Gasteiger charge is -2.15. The fourth-order valence-corrected chi connectivity index (χ4v) is 5.79. The van der Waals surface area contributed by atoms with Gasteiger partial charge >= 0.3 is 0 Å². The Morgan fingerprint density at radius 1 is 1.09 bits per heavy atom. The van der Waals surface area contributed by atoms with Crippen LogP contribution in [0.3, 0.4) is 0 Å². The summed E-state index contributed by atoms with van der Waals surface area (Å²) >= 11 is 1.08. The Bertz CT molecular complexity index is 1350. The maximum atomic E-state index is 13.0. The summed E-state index contributed by atoms with van der Waals surface area (Å²) in [5, 5.41) is 2.55. The Balaban J connectivity index is 1.78. The number of hydrogen-bond acceptors (Lipinski definition) is 6. The van der Waals surface area contributed by atoms with Crippen molar-refractivity contribution in [2.24, 2.45) is 0 Å². The normalized spacial score (nSPS) is 12.5. The molecule has 0 unspecified atom stereocenters. The SMILES string of the molecule is CC[C@H](Sc1ncc(S(=O)(=O)c2ccc(C)cc2C)c(=O)[nH]1)C(=O)Nc1ccc(C(C)C)cc1. The van der Waals surface area contributed by atoms with E-state index in [1.165, 1.54) is 11.6 Å². The Hall–Kier alpha value is -2.91. The number of nitrogens with one attached hydrogen (secondary N) is 2. The molecule has 2 N–H and O–H groups in total. The number of rotatable bonds is 8. The zero-order valence-corrected chi connectivity index (χ0v) is 21.5. The first-order valence-electron chi connectivity index (χ1n) is 11.0. The third-order valence-electron chi connectivity index (χ3n) is 5.41. The summed E-state index contributed by atoms with van der Waals surface area (Å²) in [5.41, 5.74) is 2.58. The lowest BCUT2D eigenvalue weighted by atomic mass is 10.0. The maximum absolute atomic E-state index is 13.0. The van der Waals surface area contributed by atoms with Crippen molar-refractivity contribution in [1.82, 2.24) is 9.97 Å². The van der Waals surface area contributed by atoms with E-state index >= 15 is 0 Å². The lowest BCUT2D eigenvalue weighted by Crippen LogP contribution is -2.26. The number of nitrogens with zero attached hydrogens (tertiary/aromatic N) is 1. The van der Waals surface area contributed by atoms with Crippen LogP contribution in [0.5, 0.6) is 0 Å². The lowest BCUT2D eigenvalue weighted by molar-refractivity contribution is -0.115. The first-order chi connectivity index (χ1) is 16.0. The number of sulfone groups is 1. The summed E-state index contributed by atoms with van der Waals surface area (Å²) in [6, 6.07) is 12.6. The molecule has 180 valence electrons. The second-order valence-corrected chi connectivity index (χ2v) is 11.5. The fourth-order valence-electron chi connectivity index (χ4n) is 3.47. The molecule has 0 bridgehead atoms. The molecule has 1 atom stereocenters. The summed E-state index contributed by atoms with van der Waals surface area (Å²) in [5.74, 6) is 0.174. The minimum atomic E-state index is -4.03. The molecule has 9 heteroatoms. The van der Waals surface area contributed by atoms with Crippen molar-refractivity contribution in [2.45, 2.75) is 67.2 Å². The van der Waals surface area contributed by atoms with Crippen molar-refractivity contribution in [2.75, 3.05) is 5.32 Å². The zero-order valence-electron chi connectivity index (χ0n) is 19.9. The molecular formula is C25H29N3O4S2. The first kappa shape index (κ1) is 25.7. The van der Waals surface area contributed by atoms with Gasteiger partial charge in [0, 0.05) is 5.69 Å². The van der Waals surface area contributed by atoms with Crippen molar-refractivity contribution < 1.29 is 13.2 Å². The van der Waals surface area contributed by atoms with Gasteiger partial charge in [-0.3, -0.25) is 9.59 Å². The van der Waals surface area contributed by atoms with Gasteiger partial charge in [0.15, 0.2) is 10.1 Å². The van der Waals surface area contributed by atoms with Crippen LogP contribution in [0.1, 0.15) is 49.8 Å². The largest absolute Gasteiger partial charge is 0.325 e. The first-order valence-corrected chi connectivity index (χ1v) is 13.4. The van der Waals surface area contributed by atoms with Crippen LogP contribution < -0.4 is 10.9 Å². The highest BCUT2D eigenvalue weighted by Gasteiger charge is 2.25. The summed E-state index contributed by atoms with van der Waals surface area (Å²) in [4.78, 5) is 31.8. The Morgan fingerprint density at radius 2 is 1.76 bits per heavy atom. The number of carbonyl (C=O) groups excluding carboxylic acids is 1. The molecule has 2 aromatic carbocycles. The van der Waals surface area contributed by atoms with E-state index < -0.39 is 25.5 Å². The van der Waals surface area contributed by atoms with Gasteiger partial charge in [0.25, 0.3) is 5.56 Å². The molecule has 1 amide bonds. The van der Waals surface area contributed by atoms with E-state index in [1.54, 1.807) is 19.1 Å². The number of carbonyl (C=O) groups is 1.